The third-order valence-corrected chi connectivity index (χ3v) is 3.86. The summed E-state index contributed by atoms with van der Waals surface area (Å²) in [7, 11) is 1.67. The fourth-order valence-corrected chi connectivity index (χ4v) is 2.67. The van der Waals surface area contributed by atoms with Crippen molar-refractivity contribution in [1.82, 2.24) is 0 Å². The number of rotatable bonds is 4. The number of hydrogen-bond donors (Lipinski definition) is 0. The quantitative estimate of drug-likeness (QED) is 0.552. The maximum absolute atomic E-state index is 6.45. The molecule has 3 heteroatoms. The molecular weight excluding hydrogens is 359 g/mol. The Hall–Kier alpha value is -0.740. The van der Waals surface area contributed by atoms with Gasteiger partial charge in [-0.25, -0.2) is 0 Å². The standard InChI is InChI=1S/C15H14ClIO/c1-18-14-7-5-11(6-8-14)9-15(16)12-3-2-4-13(17)10-12/h2-8,10,15H,9H2,1H3. The van der Waals surface area contributed by atoms with E-state index in [9.17, 15) is 0 Å². The van der Waals surface area contributed by atoms with Gasteiger partial charge in [0.05, 0.1) is 12.5 Å². The zero-order chi connectivity index (χ0) is 13.0. The molecule has 0 radical (unpaired) electrons. The molecule has 0 amide bonds. The highest BCUT2D eigenvalue weighted by molar-refractivity contribution is 14.1. The summed E-state index contributed by atoms with van der Waals surface area (Å²) >= 11 is 8.76. The molecular formula is C15H14ClIO. The van der Waals surface area contributed by atoms with Gasteiger partial charge in [-0.05, 0) is 64.4 Å². The molecule has 1 atom stereocenters. The van der Waals surface area contributed by atoms with Crippen molar-refractivity contribution in [3.63, 3.8) is 0 Å². The lowest BCUT2D eigenvalue weighted by atomic mass is 10.0. The third kappa shape index (κ3) is 3.62. The molecule has 0 spiro atoms. The van der Waals surface area contributed by atoms with Crippen LogP contribution in [0.25, 0.3) is 0 Å². The van der Waals surface area contributed by atoms with Gasteiger partial charge in [0.15, 0.2) is 0 Å². The molecule has 2 aromatic carbocycles. The molecule has 0 fully saturated rings. The summed E-state index contributed by atoms with van der Waals surface area (Å²) < 4.78 is 6.35. The number of methoxy groups -OCH3 is 1. The largest absolute Gasteiger partial charge is 0.497 e. The van der Waals surface area contributed by atoms with E-state index in [0.717, 1.165) is 12.2 Å². The lowest BCUT2D eigenvalue weighted by Crippen LogP contribution is -1.96. The lowest BCUT2D eigenvalue weighted by Gasteiger charge is -2.11. The molecule has 94 valence electrons. The minimum absolute atomic E-state index is 0.00751. The maximum atomic E-state index is 6.45. The van der Waals surface area contributed by atoms with Gasteiger partial charge in [-0.15, -0.1) is 11.6 Å². The molecule has 0 saturated heterocycles. The summed E-state index contributed by atoms with van der Waals surface area (Å²) in [5.41, 5.74) is 2.38. The second kappa shape index (κ2) is 6.43. The highest BCUT2D eigenvalue weighted by Gasteiger charge is 2.09. The Labute approximate surface area is 126 Å². The van der Waals surface area contributed by atoms with Gasteiger partial charge in [0.1, 0.15) is 5.75 Å². The Bertz CT molecular complexity index is 510. The van der Waals surface area contributed by atoms with Crippen LogP contribution >= 0.6 is 34.2 Å². The van der Waals surface area contributed by atoms with Gasteiger partial charge in [0, 0.05) is 3.57 Å². The van der Waals surface area contributed by atoms with E-state index < -0.39 is 0 Å². The summed E-state index contributed by atoms with van der Waals surface area (Å²) in [6.07, 6.45) is 0.825. The van der Waals surface area contributed by atoms with E-state index in [1.165, 1.54) is 14.7 Å². The molecule has 0 heterocycles. The average molecular weight is 373 g/mol. The van der Waals surface area contributed by atoms with E-state index in [-0.39, 0.29) is 5.38 Å². The Kier molecular flexibility index (Phi) is 4.89. The zero-order valence-corrected chi connectivity index (χ0v) is 13.0. The van der Waals surface area contributed by atoms with Gasteiger partial charge in [-0.2, -0.15) is 0 Å². The van der Waals surface area contributed by atoms with Crippen LogP contribution < -0.4 is 4.74 Å². The van der Waals surface area contributed by atoms with Crippen LogP contribution in [0.15, 0.2) is 48.5 Å². The summed E-state index contributed by atoms with van der Waals surface area (Å²) in [4.78, 5) is 0. The minimum atomic E-state index is 0.00751. The highest BCUT2D eigenvalue weighted by Crippen LogP contribution is 2.26. The van der Waals surface area contributed by atoms with Crippen LogP contribution in [-0.4, -0.2) is 7.11 Å². The SMILES string of the molecule is COc1ccc(CC(Cl)c2cccc(I)c2)cc1. The van der Waals surface area contributed by atoms with Gasteiger partial charge in [-0.1, -0.05) is 24.3 Å². The van der Waals surface area contributed by atoms with Crippen molar-refractivity contribution in [2.24, 2.45) is 0 Å². The van der Waals surface area contributed by atoms with Crippen LogP contribution in [0.4, 0.5) is 0 Å². The van der Waals surface area contributed by atoms with Gasteiger partial charge in [-0.3, -0.25) is 0 Å². The summed E-state index contributed by atoms with van der Waals surface area (Å²) in [6, 6.07) is 16.4. The van der Waals surface area contributed by atoms with Crippen LogP contribution in [0.5, 0.6) is 5.75 Å². The van der Waals surface area contributed by atoms with Crippen molar-refractivity contribution in [2.75, 3.05) is 7.11 Å². The number of benzene rings is 2. The second-order valence-electron chi connectivity index (χ2n) is 4.07. The van der Waals surface area contributed by atoms with Crippen molar-refractivity contribution < 1.29 is 4.74 Å². The van der Waals surface area contributed by atoms with Crippen LogP contribution in [0, 0.1) is 3.57 Å². The van der Waals surface area contributed by atoms with E-state index in [1.807, 2.05) is 18.2 Å². The number of hydrogen-bond acceptors (Lipinski definition) is 1. The van der Waals surface area contributed by atoms with Gasteiger partial charge in [0.25, 0.3) is 0 Å². The molecule has 2 rings (SSSR count). The predicted molar refractivity (Wildman–Crippen MR) is 84.5 cm³/mol. The first kappa shape index (κ1) is 13.7. The van der Waals surface area contributed by atoms with E-state index in [0.29, 0.717) is 0 Å². The molecule has 0 aliphatic carbocycles. The van der Waals surface area contributed by atoms with E-state index >= 15 is 0 Å². The Morgan fingerprint density at radius 2 is 1.89 bits per heavy atom. The van der Waals surface area contributed by atoms with E-state index in [1.54, 1.807) is 7.11 Å². The lowest BCUT2D eigenvalue weighted by molar-refractivity contribution is 0.414. The fourth-order valence-electron chi connectivity index (χ4n) is 1.79. The molecule has 0 aromatic heterocycles. The van der Waals surface area contributed by atoms with Crippen molar-refractivity contribution >= 4 is 34.2 Å². The predicted octanol–water partition coefficient (Wildman–Crippen LogP) is 4.82. The molecule has 1 unspecified atom stereocenters. The Morgan fingerprint density at radius 1 is 1.17 bits per heavy atom. The van der Waals surface area contributed by atoms with Crippen LogP contribution in [0.3, 0.4) is 0 Å². The average Bonchev–Trinajstić information content (AvgIpc) is 2.39. The maximum Gasteiger partial charge on any atom is 0.118 e. The van der Waals surface area contributed by atoms with Gasteiger partial charge < -0.3 is 4.74 Å². The Balaban J connectivity index is 2.08. The molecule has 0 saturated carbocycles. The first-order valence-corrected chi connectivity index (χ1v) is 7.23. The molecule has 0 bridgehead atoms. The number of ether oxygens (including phenoxy) is 1. The topological polar surface area (TPSA) is 9.23 Å². The normalized spacial score (nSPS) is 12.2. The molecule has 18 heavy (non-hydrogen) atoms. The Morgan fingerprint density at radius 3 is 2.50 bits per heavy atom. The summed E-state index contributed by atoms with van der Waals surface area (Å²) in [5.74, 6) is 0.874. The van der Waals surface area contributed by atoms with Crippen LogP contribution in [0.1, 0.15) is 16.5 Å². The first-order chi connectivity index (χ1) is 8.69. The van der Waals surface area contributed by atoms with Crippen LogP contribution in [-0.2, 0) is 6.42 Å². The number of alkyl halides is 1. The molecule has 1 nitrogen and oxygen atoms in total. The third-order valence-electron chi connectivity index (χ3n) is 2.78. The zero-order valence-electron chi connectivity index (χ0n) is 10.1. The van der Waals surface area contributed by atoms with Gasteiger partial charge >= 0.3 is 0 Å². The highest BCUT2D eigenvalue weighted by atomic mass is 127. The van der Waals surface area contributed by atoms with Crippen molar-refractivity contribution in [1.29, 1.82) is 0 Å². The molecule has 0 aliphatic rings. The van der Waals surface area contributed by atoms with Crippen LogP contribution in [0.2, 0.25) is 0 Å². The molecule has 0 N–H and O–H groups in total. The van der Waals surface area contributed by atoms with Crippen molar-refractivity contribution in [2.45, 2.75) is 11.8 Å². The fraction of sp³-hybridized carbons (Fsp3) is 0.200. The van der Waals surface area contributed by atoms with Crippen molar-refractivity contribution in [3.05, 3.63) is 63.2 Å². The van der Waals surface area contributed by atoms with E-state index in [2.05, 4.69) is 52.9 Å². The molecule has 2 aromatic rings. The first-order valence-electron chi connectivity index (χ1n) is 5.71. The van der Waals surface area contributed by atoms with Gasteiger partial charge in [0.2, 0.25) is 0 Å². The van der Waals surface area contributed by atoms with E-state index in [4.69, 9.17) is 16.3 Å². The number of halogens is 2. The monoisotopic (exact) mass is 372 g/mol. The molecule has 0 aliphatic heterocycles. The second-order valence-corrected chi connectivity index (χ2v) is 5.85. The summed E-state index contributed by atoms with van der Waals surface area (Å²) in [6.45, 7) is 0. The van der Waals surface area contributed by atoms with Crippen molar-refractivity contribution in [3.8, 4) is 5.75 Å². The smallest absolute Gasteiger partial charge is 0.118 e. The minimum Gasteiger partial charge on any atom is -0.497 e. The summed E-state index contributed by atoms with van der Waals surface area (Å²) in [5, 5.41) is 0.00751.